The molecule has 1 unspecified atom stereocenters. The summed E-state index contributed by atoms with van der Waals surface area (Å²) >= 11 is 0. The van der Waals surface area contributed by atoms with Crippen molar-refractivity contribution in [1.29, 1.82) is 0 Å². The Labute approximate surface area is 101 Å². The number of amides is 1. The number of hydrogen-bond donors (Lipinski definition) is 0. The highest BCUT2D eigenvalue weighted by Crippen LogP contribution is 2.32. The average Bonchev–Trinajstić information content (AvgIpc) is 2.25. The summed E-state index contributed by atoms with van der Waals surface area (Å²) in [5.41, 5.74) is 0.346. The Bertz CT molecular complexity index is 211. The molecular formula is C14H27NO. The molecule has 0 saturated carbocycles. The third-order valence-corrected chi connectivity index (χ3v) is 3.17. The fraction of sp³-hybridized carbons (Fsp3) is 0.786. The Kier molecular flexibility index (Phi) is 7.11. The maximum atomic E-state index is 10.6. The SMILES string of the molecule is C=CCCC(C)(C)CC(CC)CN(C)C=O. The molecule has 0 aromatic carbocycles. The molecule has 0 rings (SSSR count). The summed E-state index contributed by atoms with van der Waals surface area (Å²) in [7, 11) is 1.85. The van der Waals surface area contributed by atoms with Crippen LogP contribution in [0.1, 0.15) is 46.5 Å². The zero-order chi connectivity index (χ0) is 12.6. The van der Waals surface area contributed by atoms with Crippen molar-refractivity contribution in [2.24, 2.45) is 11.3 Å². The van der Waals surface area contributed by atoms with Crippen LogP contribution in [-0.2, 0) is 4.79 Å². The molecule has 2 nitrogen and oxygen atoms in total. The second-order valence-electron chi connectivity index (χ2n) is 5.51. The summed E-state index contributed by atoms with van der Waals surface area (Å²) in [6.45, 7) is 11.5. The van der Waals surface area contributed by atoms with Crippen molar-refractivity contribution in [3.05, 3.63) is 12.7 Å². The lowest BCUT2D eigenvalue weighted by molar-refractivity contribution is -0.117. The monoisotopic (exact) mass is 225 g/mol. The van der Waals surface area contributed by atoms with Crippen LogP contribution in [0, 0.1) is 11.3 Å². The standard InChI is InChI=1S/C14H27NO/c1-6-8-9-14(3,4)10-13(7-2)11-15(5)12-16/h6,12-13H,1,7-11H2,2-5H3. The Morgan fingerprint density at radius 3 is 2.50 bits per heavy atom. The molecule has 0 aliphatic carbocycles. The first-order chi connectivity index (χ1) is 7.45. The van der Waals surface area contributed by atoms with E-state index in [1.165, 1.54) is 12.8 Å². The van der Waals surface area contributed by atoms with Gasteiger partial charge >= 0.3 is 0 Å². The van der Waals surface area contributed by atoms with Gasteiger partial charge in [0.05, 0.1) is 0 Å². The van der Waals surface area contributed by atoms with E-state index >= 15 is 0 Å². The van der Waals surface area contributed by atoms with E-state index in [9.17, 15) is 4.79 Å². The van der Waals surface area contributed by atoms with Crippen LogP contribution in [0.3, 0.4) is 0 Å². The average molecular weight is 225 g/mol. The first-order valence-corrected chi connectivity index (χ1v) is 6.21. The molecule has 0 aliphatic rings. The predicted octanol–water partition coefficient (Wildman–Crippen LogP) is 3.48. The summed E-state index contributed by atoms with van der Waals surface area (Å²) in [5, 5.41) is 0. The molecule has 0 heterocycles. The van der Waals surface area contributed by atoms with Crippen LogP contribution < -0.4 is 0 Å². The predicted molar refractivity (Wildman–Crippen MR) is 70.3 cm³/mol. The summed E-state index contributed by atoms with van der Waals surface area (Å²) in [5.74, 6) is 0.606. The van der Waals surface area contributed by atoms with E-state index in [1.807, 2.05) is 13.1 Å². The lowest BCUT2D eigenvalue weighted by Crippen LogP contribution is -2.27. The molecule has 0 aromatic rings. The molecule has 2 heteroatoms. The maximum Gasteiger partial charge on any atom is 0.209 e. The van der Waals surface area contributed by atoms with E-state index in [0.717, 1.165) is 25.8 Å². The van der Waals surface area contributed by atoms with E-state index in [1.54, 1.807) is 4.90 Å². The molecule has 16 heavy (non-hydrogen) atoms. The van der Waals surface area contributed by atoms with Gasteiger partial charge in [0.1, 0.15) is 0 Å². The molecule has 0 aromatic heterocycles. The Balaban J connectivity index is 4.17. The molecule has 94 valence electrons. The largest absolute Gasteiger partial charge is 0.348 e. The highest BCUT2D eigenvalue weighted by molar-refractivity contribution is 5.46. The molecule has 0 fully saturated rings. The van der Waals surface area contributed by atoms with Crippen molar-refractivity contribution in [3.63, 3.8) is 0 Å². The van der Waals surface area contributed by atoms with Gasteiger partial charge in [-0.2, -0.15) is 0 Å². The second kappa shape index (κ2) is 7.48. The fourth-order valence-corrected chi connectivity index (χ4v) is 2.16. The molecule has 1 atom stereocenters. The molecule has 1 amide bonds. The van der Waals surface area contributed by atoms with Crippen LogP contribution in [0.5, 0.6) is 0 Å². The van der Waals surface area contributed by atoms with Gasteiger partial charge in [-0.3, -0.25) is 4.79 Å². The molecule has 0 N–H and O–H groups in total. The fourth-order valence-electron chi connectivity index (χ4n) is 2.16. The van der Waals surface area contributed by atoms with Crippen LogP contribution >= 0.6 is 0 Å². The maximum absolute atomic E-state index is 10.6. The van der Waals surface area contributed by atoms with E-state index in [2.05, 4.69) is 27.4 Å². The molecule has 0 aliphatic heterocycles. The van der Waals surface area contributed by atoms with Gasteiger partial charge in [0.2, 0.25) is 6.41 Å². The smallest absolute Gasteiger partial charge is 0.209 e. The lowest BCUT2D eigenvalue weighted by atomic mass is 9.78. The van der Waals surface area contributed by atoms with Crippen molar-refractivity contribution < 1.29 is 4.79 Å². The van der Waals surface area contributed by atoms with Crippen molar-refractivity contribution in [3.8, 4) is 0 Å². The number of carbonyl (C=O) groups is 1. The van der Waals surface area contributed by atoms with Gasteiger partial charge in [0, 0.05) is 13.6 Å². The minimum absolute atomic E-state index is 0.346. The third-order valence-electron chi connectivity index (χ3n) is 3.17. The van der Waals surface area contributed by atoms with Gasteiger partial charge in [0.15, 0.2) is 0 Å². The normalized spacial score (nSPS) is 13.2. The van der Waals surface area contributed by atoms with Crippen LogP contribution in [-0.4, -0.2) is 24.9 Å². The molecule has 0 radical (unpaired) electrons. The number of carbonyl (C=O) groups excluding carboxylic acids is 1. The summed E-state index contributed by atoms with van der Waals surface area (Å²) < 4.78 is 0. The summed E-state index contributed by atoms with van der Waals surface area (Å²) in [6, 6.07) is 0. The van der Waals surface area contributed by atoms with Gasteiger partial charge in [-0.15, -0.1) is 6.58 Å². The number of hydrogen-bond acceptors (Lipinski definition) is 1. The van der Waals surface area contributed by atoms with Gasteiger partial charge in [0.25, 0.3) is 0 Å². The number of nitrogens with zero attached hydrogens (tertiary/aromatic N) is 1. The molecule has 0 saturated heterocycles. The first-order valence-electron chi connectivity index (χ1n) is 6.21. The molecular weight excluding hydrogens is 198 g/mol. The van der Waals surface area contributed by atoms with Crippen LogP contribution in [0.2, 0.25) is 0 Å². The van der Waals surface area contributed by atoms with Crippen molar-refractivity contribution >= 4 is 6.41 Å². The number of rotatable bonds is 9. The Morgan fingerprint density at radius 1 is 1.44 bits per heavy atom. The van der Waals surface area contributed by atoms with E-state index in [4.69, 9.17) is 0 Å². The van der Waals surface area contributed by atoms with Gasteiger partial charge < -0.3 is 4.90 Å². The minimum Gasteiger partial charge on any atom is -0.348 e. The second-order valence-corrected chi connectivity index (χ2v) is 5.51. The Morgan fingerprint density at radius 2 is 2.06 bits per heavy atom. The van der Waals surface area contributed by atoms with Crippen LogP contribution in [0.4, 0.5) is 0 Å². The number of allylic oxidation sites excluding steroid dienone is 1. The topological polar surface area (TPSA) is 20.3 Å². The Hall–Kier alpha value is -0.790. The quantitative estimate of drug-likeness (QED) is 0.434. The van der Waals surface area contributed by atoms with Crippen LogP contribution in [0.25, 0.3) is 0 Å². The highest BCUT2D eigenvalue weighted by atomic mass is 16.1. The zero-order valence-corrected chi connectivity index (χ0v) is 11.3. The van der Waals surface area contributed by atoms with E-state index in [0.29, 0.717) is 11.3 Å². The summed E-state index contributed by atoms with van der Waals surface area (Å²) in [4.78, 5) is 12.4. The minimum atomic E-state index is 0.346. The molecule has 0 spiro atoms. The van der Waals surface area contributed by atoms with Gasteiger partial charge in [-0.05, 0) is 30.6 Å². The van der Waals surface area contributed by atoms with Gasteiger partial charge in [-0.1, -0.05) is 33.3 Å². The molecule has 0 bridgehead atoms. The van der Waals surface area contributed by atoms with Crippen LogP contribution in [0.15, 0.2) is 12.7 Å². The van der Waals surface area contributed by atoms with E-state index in [-0.39, 0.29) is 0 Å². The summed E-state index contributed by atoms with van der Waals surface area (Å²) in [6.07, 6.45) is 7.47. The zero-order valence-electron chi connectivity index (χ0n) is 11.3. The van der Waals surface area contributed by atoms with Crippen molar-refractivity contribution in [2.45, 2.75) is 46.5 Å². The lowest BCUT2D eigenvalue weighted by Gasteiger charge is -2.30. The van der Waals surface area contributed by atoms with E-state index < -0.39 is 0 Å². The first kappa shape index (κ1) is 15.2. The van der Waals surface area contributed by atoms with Crippen molar-refractivity contribution in [2.75, 3.05) is 13.6 Å². The van der Waals surface area contributed by atoms with Gasteiger partial charge in [-0.25, -0.2) is 0 Å². The third kappa shape index (κ3) is 6.65. The highest BCUT2D eigenvalue weighted by Gasteiger charge is 2.22. The van der Waals surface area contributed by atoms with Crippen molar-refractivity contribution in [1.82, 2.24) is 4.90 Å².